The van der Waals surface area contributed by atoms with Crippen LogP contribution >= 0.6 is 0 Å². The van der Waals surface area contributed by atoms with Gasteiger partial charge in [-0.25, -0.2) is 0 Å². The fourth-order valence-electron chi connectivity index (χ4n) is 3.24. The maximum absolute atomic E-state index is 5.78. The van der Waals surface area contributed by atoms with Crippen molar-refractivity contribution in [3.63, 3.8) is 0 Å². The number of rotatable bonds is 9. The van der Waals surface area contributed by atoms with Gasteiger partial charge in [0.2, 0.25) is 0 Å². The molecule has 0 aliphatic carbocycles. The van der Waals surface area contributed by atoms with Gasteiger partial charge in [0.25, 0.3) is 0 Å². The standard InChI is InChI=1S/C20H34N2O2/c1-16(2)23-20-9-7-19(8-10-20)13-21-11-5-6-12-22-14-17(3)24-18(4)15-22/h7-10,16-18,21H,5-6,11-15H2,1-4H3. The zero-order valence-electron chi connectivity index (χ0n) is 15.8. The predicted molar refractivity (Wildman–Crippen MR) is 99.6 cm³/mol. The molecule has 1 N–H and O–H groups in total. The number of unbranched alkanes of at least 4 members (excludes halogenated alkanes) is 1. The molecule has 1 saturated heterocycles. The summed E-state index contributed by atoms with van der Waals surface area (Å²) in [6, 6.07) is 8.39. The smallest absolute Gasteiger partial charge is 0.119 e. The molecule has 2 rings (SSSR count). The summed E-state index contributed by atoms with van der Waals surface area (Å²) in [6.07, 6.45) is 3.43. The van der Waals surface area contributed by atoms with Gasteiger partial charge in [0, 0.05) is 19.6 Å². The molecule has 1 fully saturated rings. The number of nitrogens with one attached hydrogen (secondary N) is 1. The lowest BCUT2D eigenvalue weighted by molar-refractivity contribution is -0.0681. The van der Waals surface area contributed by atoms with E-state index in [0.29, 0.717) is 12.2 Å². The highest BCUT2D eigenvalue weighted by atomic mass is 16.5. The molecule has 4 heteroatoms. The highest BCUT2D eigenvalue weighted by Crippen LogP contribution is 2.14. The lowest BCUT2D eigenvalue weighted by Crippen LogP contribution is -2.45. The third kappa shape index (κ3) is 7.20. The molecule has 1 aromatic rings. The van der Waals surface area contributed by atoms with Crippen LogP contribution in [0.4, 0.5) is 0 Å². The molecule has 136 valence electrons. The fraction of sp³-hybridized carbons (Fsp3) is 0.700. The molecular weight excluding hydrogens is 300 g/mol. The van der Waals surface area contributed by atoms with Crippen LogP contribution in [-0.2, 0) is 11.3 Å². The van der Waals surface area contributed by atoms with Crippen molar-refractivity contribution in [1.29, 1.82) is 0 Å². The summed E-state index contributed by atoms with van der Waals surface area (Å²) >= 11 is 0. The van der Waals surface area contributed by atoms with Gasteiger partial charge in [0.1, 0.15) is 5.75 Å². The van der Waals surface area contributed by atoms with Crippen molar-refractivity contribution in [2.45, 2.75) is 65.4 Å². The maximum atomic E-state index is 5.78. The molecule has 2 atom stereocenters. The Kier molecular flexibility index (Phi) is 8.03. The zero-order valence-corrected chi connectivity index (χ0v) is 15.8. The van der Waals surface area contributed by atoms with Crippen molar-refractivity contribution in [3.8, 4) is 5.75 Å². The summed E-state index contributed by atoms with van der Waals surface area (Å²) in [5, 5.41) is 3.53. The third-order valence-corrected chi connectivity index (χ3v) is 4.20. The number of morpholine rings is 1. The van der Waals surface area contributed by atoms with Crippen LogP contribution in [0.25, 0.3) is 0 Å². The van der Waals surface area contributed by atoms with Gasteiger partial charge in [-0.05, 0) is 71.3 Å². The van der Waals surface area contributed by atoms with Gasteiger partial charge in [-0.2, -0.15) is 0 Å². The highest BCUT2D eigenvalue weighted by Gasteiger charge is 2.21. The summed E-state index contributed by atoms with van der Waals surface area (Å²) in [4.78, 5) is 2.53. The minimum atomic E-state index is 0.228. The summed E-state index contributed by atoms with van der Waals surface area (Å²) in [5.41, 5.74) is 1.31. The van der Waals surface area contributed by atoms with E-state index in [4.69, 9.17) is 9.47 Å². The fourth-order valence-corrected chi connectivity index (χ4v) is 3.24. The molecule has 0 radical (unpaired) electrons. The first-order valence-corrected chi connectivity index (χ1v) is 9.37. The molecule has 4 nitrogen and oxygen atoms in total. The van der Waals surface area contributed by atoms with Crippen LogP contribution in [0, 0.1) is 0 Å². The molecule has 1 heterocycles. The summed E-state index contributed by atoms with van der Waals surface area (Å²) in [5.74, 6) is 0.947. The number of hydrogen-bond donors (Lipinski definition) is 1. The Morgan fingerprint density at radius 1 is 1.12 bits per heavy atom. The molecule has 0 saturated carbocycles. The van der Waals surface area contributed by atoms with Crippen molar-refractivity contribution < 1.29 is 9.47 Å². The molecule has 0 bridgehead atoms. The average Bonchev–Trinajstić information content (AvgIpc) is 2.51. The summed E-state index contributed by atoms with van der Waals surface area (Å²) in [7, 11) is 0. The lowest BCUT2D eigenvalue weighted by atomic mass is 10.2. The molecule has 1 aliphatic rings. The molecule has 0 aromatic heterocycles. The second-order valence-electron chi connectivity index (χ2n) is 7.21. The zero-order chi connectivity index (χ0) is 17.4. The van der Waals surface area contributed by atoms with Gasteiger partial charge < -0.3 is 14.8 Å². The SMILES string of the molecule is CC(C)Oc1ccc(CNCCCCN2CC(C)OC(C)C2)cc1. The molecule has 1 aliphatic heterocycles. The minimum absolute atomic E-state index is 0.228. The maximum Gasteiger partial charge on any atom is 0.119 e. The monoisotopic (exact) mass is 334 g/mol. The number of benzene rings is 1. The van der Waals surface area contributed by atoms with Crippen molar-refractivity contribution in [1.82, 2.24) is 10.2 Å². The molecular formula is C20H34N2O2. The predicted octanol–water partition coefficient (Wildman–Crippen LogP) is 3.45. The van der Waals surface area contributed by atoms with Crippen molar-refractivity contribution in [3.05, 3.63) is 29.8 Å². The van der Waals surface area contributed by atoms with E-state index in [-0.39, 0.29) is 6.10 Å². The molecule has 1 aromatic carbocycles. The van der Waals surface area contributed by atoms with Crippen LogP contribution in [-0.4, -0.2) is 49.4 Å². The topological polar surface area (TPSA) is 33.7 Å². The van der Waals surface area contributed by atoms with E-state index in [2.05, 4.69) is 48.3 Å². The quantitative estimate of drug-likeness (QED) is 0.701. The van der Waals surface area contributed by atoms with Gasteiger partial charge in [0.05, 0.1) is 18.3 Å². The van der Waals surface area contributed by atoms with E-state index in [0.717, 1.165) is 31.9 Å². The van der Waals surface area contributed by atoms with Gasteiger partial charge >= 0.3 is 0 Å². The van der Waals surface area contributed by atoms with E-state index in [1.54, 1.807) is 0 Å². The van der Waals surface area contributed by atoms with Crippen LogP contribution in [0.2, 0.25) is 0 Å². The Labute approximate surface area is 147 Å². The second kappa shape index (κ2) is 10.0. The van der Waals surface area contributed by atoms with E-state index >= 15 is 0 Å². The van der Waals surface area contributed by atoms with Gasteiger partial charge in [0.15, 0.2) is 0 Å². The van der Waals surface area contributed by atoms with Crippen LogP contribution in [0.15, 0.2) is 24.3 Å². The number of hydrogen-bond acceptors (Lipinski definition) is 4. The van der Waals surface area contributed by atoms with E-state index in [1.165, 1.54) is 24.9 Å². The van der Waals surface area contributed by atoms with Crippen molar-refractivity contribution in [2.24, 2.45) is 0 Å². The minimum Gasteiger partial charge on any atom is -0.491 e. The van der Waals surface area contributed by atoms with Crippen LogP contribution < -0.4 is 10.1 Å². The second-order valence-corrected chi connectivity index (χ2v) is 7.21. The Morgan fingerprint density at radius 2 is 1.79 bits per heavy atom. The van der Waals surface area contributed by atoms with E-state index in [1.807, 2.05) is 13.8 Å². The van der Waals surface area contributed by atoms with Gasteiger partial charge in [-0.3, -0.25) is 4.90 Å². The summed E-state index contributed by atoms with van der Waals surface area (Å²) in [6.45, 7) is 13.8. The first-order valence-electron chi connectivity index (χ1n) is 9.37. The van der Waals surface area contributed by atoms with Crippen LogP contribution in [0.5, 0.6) is 5.75 Å². The Bertz CT molecular complexity index is 451. The van der Waals surface area contributed by atoms with E-state index in [9.17, 15) is 0 Å². The lowest BCUT2D eigenvalue weighted by Gasteiger charge is -2.35. The molecule has 0 amide bonds. The van der Waals surface area contributed by atoms with Crippen molar-refractivity contribution in [2.75, 3.05) is 26.2 Å². The third-order valence-electron chi connectivity index (χ3n) is 4.20. The van der Waals surface area contributed by atoms with Gasteiger partial charge in [-0.15, -0.1) is 0 Å². The first-order chi connectivity index (χ1) is 11.5. The van der Waals surface area contributed by atoms with E-state index < -0.39 is 0 Å². The molecule has 2 unspecified atom stereocenters. The van der Waals surface area contributed by atoms with Crippen LogP contribution in [0.3, 0.4) is 0 Å². The summed E-state index contributed by atoms with van der Waals surface area (Å²) < 4.78 is 11.4. The average molecular weight is 335 g/mol. The highest BCUT2D eigenvalue weighted by molar-refractivity contribution is 5.27. The Balaban J connectivity index is 1.55. The van der Waals surface area contributed by atoms with Crippen LogP contribution in [0.1, 0.15) is 46.1 Å². The van der Waals surface area contributed by atoms with Crippen molar-refractivity contribution >= 4 is 0 Å². The molecule has 24 heavy (non-hydrogen) atoms. The normalized spacial score (nSPS) is 22.0. The Morgan fingerprint density at radius 3 is 2.42 bits per heavy atom. The van der Waals surface area contributed by atoms with Gasteiger partial charge in [-0.1, -0.05) is 12.1 Å². The largest absolute Gasteiger partial charge is 0.491 e. The first kappa shape index (κ1) is 19.2. The number of nitrogens with zero attached hydrogens (tertiary/aromatic N) is 1. The molecule has 0 spiro atoms. The number of ether oxygens (including phenoxy) is 2. The Hall–Kier alpha value is -1.10.